The Balaban J connectivity index is 5.19. The van der Waals surface area contributed by atoms with Crippen molar-refractivity contribution in [2.24, 2.45) is 5.41 Å². The molecule has 1 unspecified atom stereocenters. The van der Waals surface area contributed by atoms with E-state index < -0.39 is 0 Å². The van der Waals surface area contributed by atoms with E-state index in [1.165, 1.54) is 0 Å². The summed E-state index contributed by atoms with van der Waals surface area (Å²) in [5, 5.41) is 1.94. The monoisotopic (exact) mass is 217 g/mol. The molecule has 0 aliphatic rings. The molecule has 0 heterocycles. The van der Waals surface area contributed by atoms with Gasteiger partial charge in [0.15, 0.2) is 0 Å². The Morgan fingerprint density at radius 3 is 1.73 bits per heavy atom. The second-order valence-electron chi connectivity index (χ2n) is 4.46. The second-order valence-corrected chi connectivity index (χ2v) is 4.46. The Morgan fingerprint density at radius 1 is 1.00 bits per heavy atom. The van der Waals surface area contributed by atoms with Crippen molar-refractivity contribution >= 4 is 0 Å². The largest absolute Gasteiger partial charge is 0.361 e. The zero-order valence-corrected chi connectivity index (χ0v) is 11.4. The van der Waals surface area contributed by atoms with E-state index in [0.29, 0.717) is 0 Å². The van der Waals surface area contributed by atoms with Crippen LogP contribution in [0, 0.1) is 5.41 Å². The van der Waals surface area contributed by atoms with E-state index in [2.05, 4.69) is 34.6 Å². The average molecular weight is 217 g/mol. The van der Waals surface area contributed by atoms with Crippen LogP contribution in [0.15, 0.2) is 0 Å². The van der Waals surface area contributed by atoms with Gasteiger partial charge in [-0.05, 0) is 19.8 Å². The number of methoxy groups -OCH3 is 1. The molecule has 0 radical (unpaired) electrons. The first-order chi connectivity index (χ1) is 6.95. The summed E-state index contributed by atoms with van der Waals surface area (Å²) in [4.78, 5) is 5.44. The molecule has 92 valence electrons. The highest BCUT2D eigenvalue weighted by Crippen LogP contribution is 2.41. The minimum absolute atomic E-state index is 0.0581. The van der Waals surface area contributed by atoms with Gasteiger partial charge >= 0.3 is 0 Å². The smallest absolute Gasteiger partial charge is 0.148 e. The molecule has 0 bridgehead atoms. The zero-order chi connectivity index (χ0) is 12.1. The van der Waals surface area contributed by atoms with Crippen LogP contribution >= 0.6 is 0 Å². The van der Waals surface area contributed by atoms with Gasteiger partial charge in [0, 0.05) is 19.1 Å². The van der Waals surface area contributed by atoms with Gasteiger partial charge in [0.25, 0.3) is 0 Å². The Morgan fingerprint density at radius 2 is 1.53 bits per heavy atom. The van der Waals surface area contributed by atoms with Crippen LogP contribution in [-0.2, 0) is 9.57 Å². The summed E-state index contributed by atoms with van der Waals surface area (Å²) in [7, 11) is 3.47. The maximum absolute atomic E-state index is 5.79. The topological polar surface area (TPSA) is 21.7 Å². The minimum Gasteiger partial charge on any atom is -0.361 e. The lowest BCUT2D eigenvalue weighted by atomic mass is 9.76. The third-order valence-electron chi connectivity index (χ3n) is 3.67. The normalized spacial score (nSPS) is 16.8. The van der Waals surface area contributed by atoms with Crippen molar-refractivity contribution in [3.05, 3.63) is 0 Å². The van der Waals surface area contributed by atoms with Crippen molar-refractivity contribution in [2.45, 2.75) is 53.2 Å². The SMILES string of the molecule is CCN(OC)C(CC)(OC)C(C)(C)CC. The Bertz CT molecular complexity index is 172. The molecule has 0 aromatic heterocycles. The van der Waals surface area contributed by atoms with E-state index in [1.54, 1.807) is 14.2 Å². The lowest BCUT2D eigenvalue weighted by molar-refractivity contribution is -0.327. The van der Waals surface area contributed by atoms with Crippen LogP contribution in [0.4, 0.5) is 0 Å². The number of nitrogens with zero attached hydrogens (tertiary/aromatic N) is 1. The maximum atomic E-state index is 5.79. The van der Waals surface area contributed by atoms with Crippen LogP contribution in [-0.4, -0.2) is 31.6 Å². The maximum Gasteiger partial charge on any atom is 0.148 e. The number of ether oxygens (including phenoxy) is 1. The van der Waals surface area contributed by atoms with Gasteiger partial charge in [0.1, 0.15) is 5.72 Å². The van der Waals surface area contributed by atoms with Gasteiger partial charge in [0.2, 0.25) is 0 Å². The van der Waals surface area contributed by atoms with Gasteiger partial charge in [-0.15, -0.1) is 0 Å². The molecule has 0 aliphatic carbocycles. The van der Waals surface area contributed by atoms with Crippen LogP contribution in [0.3, 0.4) is 0 Å². The summed E-state index contributed by atoms with van der Waals surface area (Å²) >= 11 is 0. The predicted octanol–water partition coefficient (Wildman–Crippen LogP) is 3.06. The molecule has 0 aromatic rings. The first kappa shape index (κ1) is 14.9. The van der Waals surface area contributed by atoms with Gasteiger partial charge in [-0.25, -0.2) is 0 Å². The van der Waals surface area contributed by atoms with E-state index in [-0.39, 0.29) is 11.1 Å². The predicted molar refractivity (Wildman–Crippen MR) is 63.5 cm³/mol. The van der Waals surface area contributed by atoms with Crippen LogP contribution in [0.5, 0.6) is 0 Å². The molecule has 15 heavy (non-hydrogen) atoms. The fraction of sp³-hybridized carbons (Fsp3) is 1.00. The second kappa shape index (κ2) is 5.83. The standard InChI is InChI=1S/C12H27NO2/c1-8-11(4,5)12(9-2,14-6)13(10-3)15-7/h8-10H2,1-7H3. The van der Waals surface area contributed by atoms with Crippen LogP contribution in [0.2, 0.25) is 0 Å². The highest BCUT2D eigenvalue weighted by atomic mass is 16.7. The molecular formula is C12H27NO2. The third kappa shape index (κ3) is 2.52. The molecule has 0 spiro atoms. The van der Waals surface area contributed by atoms with E-state index in [4.69, 9.17) is 9.57 Å². The van der Waals surface area contributed by atoms with Crippen LogP contribution in [0.25, 0.3) is 0 Å². The van der Waals surface area contributed by atoms with Crippen molar-refractivity contribution in [2.75, 3.05) is 20.8 Å². The lowest BCUT2D eigenvalue weighted by Gasteiger charge is -2.50. The van der Waals surface area contributed by atoms with Crippen LogP contribution in [0.1, 0.15) is 47.5 Å². The molecule has 3 nitrogen and oxygen atoms in total. The first-order valence-electron chi connectivity index (χ1n) is 5.82. The highest BCUT2D eigenvalue weighted by Gasteiger charge is 2.47. The summed E-state index contributed by atoms with van der Waals surface area (Å²) in [5.74, 6) is 0. The van der Waals surface area contributed by atoms with Crippen molar-refractivity contribution in [1.82, 2.24) is 5.06 Å². The fourth-order valence-corrected chi connectivity index (χ4v) is 2.32. The Kier molecular flexibility index (Phi) is 5.78. The Hall–Kier alpha value is -0.120. The molecule has 0 aliphatic heterocycles. The van der Waals surface area contributed by atoms with Gasteiger partial charge in [-0.2, -0.15) is 5.06 Å². The summed E-state index contributed by atoms with van der Waals surface area (Å²) in [5.41, 5.74) is -0.284. The summed E-state index contributed by atoms with van der Waals surface area (Å²) in [6.45, 7) is 11.7. The molecule has 3 heteroatoms. The van der Waals surface area contributed by atoms with Crippen molar-refractivity contribution in [3.63, 3.8) is 0 Å². The molecule has 0 rings (SSSR count). The number of hydrogen-bond donors (Lipinski definition) is 0. The summed E-state index contributed by atoms with van der Waals surface area (Å²) in [6, 6.07) is 0. The average Bonchev–Trinajstić information content (AvgIpc) is 2.25. The third-order valence-corrected chi connectivity index (χ3v) is 3.67. The van der Waals surface area contributed by atoms with E-state index in [1.807, 2.05) is 5.06 Å². The van der Waals surface area contributed by atoms with E-state index in [0.717, 1.165) is 19.4 Å². The van der Waals surface area contributed by atoms with Gasteiger partial charge in [0.05, 0.1) is 7.11 Å². The molecule has 0 saturated carbocycles. The summed E-state index contributed by atoms with van der Waals surface area (Å²) < 4.78 is 5.79. The molecule has 0 aromatic carbocycles. The molecule has 0 fully saturated rings. The minimum atomic E-state index is -0.342. The number of rotatable bonds is 7. The molecule has 1 atom stereocenters. The first-order valence-corrected chi connectivity index (χ1v) is 5.82. The van der Waals surface area contributed by atoms with E-state index >= 15 is 0 Å². The zero-order valence-electron chi connectivity index (χ0n) is 11.4. The quantitative estimate of drug-likeness (QED) is 0.483. The van der Waals surface area contributed by atoms with Crippen molar-refractivity contribution in [1.29, 1.82) is 0 Å². The molecular weight excluding hydrogens is 190 g/mol. The summed E-state index contributed by atoms with van der Waals surface area (Å²) in [6.07, 6.45) is 1.96. The molecule has 0 saturated heterocycles. The van der Waals surface area contributed by atoms with Gasteiger partial charge < -0.3 is 4.74 Å². The molecule has 0 N–H and O–H groups in total. The van der Waals surface area contributed by atoms with Crippen molar-refractivity contribution < 1.29 is 9.57 Å². The highest BCUT2D eigenvalue weighted by molar-refractivity contribution is 4.90. The Labute approximate surface area is 94.7 Å². The van der Waals surface area contributed by atoms with Crippen LogP contribution < -0.4 is 0 Å². The van der Waals surface area contributed by atoms with Gasteiger partial charge in [-0.3, -0.25) is 4.84 Å². The van der Waals surface area contributed by atoms with Gasteiger partial charge in [-0.1, -0.05) is 27.7 Å². The van der Waals surface area contributed by atoms with Crippen molar-refractivity contribution in [3.8, 4) is 0 Å². The number of hydrogen-bond acceptors (Lipinski definition) is 3. The fourth-order valence-electron chi connectivity index (χ4n) is 2.32. The van der Waals surface area contributed by atoms with E-state index in [9.17, 15) is 0 Å². The number of hydroxylamine groups is 2. The molecule has 0 amide bonds. The lowest BCUT2D eigenvalue weighted by Crippen LogP contribution is -2.58.